The van der Waals surface area contributed by atoms with E-state index >= 15 is 0 Å². The predicted molar refractivity (Wildman–Crippen MR) is 133 cm³/mol. The minimum Gasteiger partial charge on any atom is -0.394 e. The number of aliphatic hydroxyl groups excluding tert-OH is 1. The van der Waals surface area contributed by atoms with Crippen molar-refractivity contribution < 1.29 is 24.2 Å². The van der Waals surface area contributed by atoms with Gasteiger partial charge in [0.15, 0.2) is 0 Å². The summed E-state index contributed by atoms with van der Waals surface area (Å²) in [5, 5.41) is 10.2. The Balaban J connectivity index is 1.65. The van der Waals surface area contributed by atoms with Crippen molar-refractivity contribution in [1.29, 1.82) is 0 Å². The molecule has 4 heterocycles. The molecule has 192 valence electrons. The molecule has 3 amide bonds. The Labute approximate surface area is 212 Å². The molecular weight excluding hydrogens is 458 g/mol. The first-order chi connectivity index (χ1) is 17.3. The molecule has 36 heavy (non-hydrogen) atoms. The molecule has 0 aliphatic carbocycles. The smallest absolute Gasteiger partial charge is 0.249 e. The zero-order chi connectivity index (χ0) is 25.7. The summed E-state index contributed by atoms with van der Waals surface area (Å²) in [6.07, 6.45) is 8.59. The average molecular weight is 494 g/mol. The van der Waals surface area contributed by atoms with Crippen LogP contribution < -0.4 is 0 Å². The van der Waals surface area contributed by atoms with Gasteiger partial charge in [0, 0.05) is 26.7 Å². The molecule has 0 bridgehead atoms. The summed E-state index contributed by atoms with van der Waals surface area (Å²) in [6, 6.07) is 8.22. The van der Waals surface area contributed by atoms with E-state index in [1.807, 2.05) is 68.5 Å². The van der Waals surface area contributed by atoms with Crippen LogP contribution in [0.4, 0.5) is 0 Å². The number of benzene rings is 1. The van der Waals surface area contributed by atoms with Gasteiger partial charge in [-0.25, -0.2) is 0 Å². The molecular formula is C28H35N3O5. The summed E-state index contributed by atoms with van der Waals surface area (Å²) in [5.41, 5.74) is -1.28. The first-order valence-electron chi connectivity index (χ1n) is 12.9. The van der Waals surface area contributed by atoms with Crippen LogP contribution in [-0.2, 0) is 25.7 Å². The van der Waals surface area contributed by atoms with Crippen LogP contribution in [0.3, 0.4) is 0 Å². The number of likely N-dealkylation sites (tertiary alicyclic amines) is 1. The Morgan fingerprint density at radius 3 is 2.39 bits per heavy atom. The number of likely N-dealkylation sites (N-methyl/N-ethyl adjacent to an activating group) is 1. The minimum atomic E-state index is -1.29. The number of hydrogen-bond donors (Lipinski definition) is 1. The van der Waals surface area contributed by atoms with Crippen molar-refractivity contribution in [3.8, 4) is 0 Å². The number of rotatable bonds is 6. The molecule has 1 aromatic carbocycles. The highest BCUT2D eigenvalue weighted by Crippen LogP contribution is 2.58. The van der Waals surface area contributed by atoms with Gasteiger partial charge in [-0.1, -0.05) is 68.5 Å². The lowest BCUT2D eigenvalue weighted by Gasteiger charge is -2.40. The number of amides is 3. The molecule has 1 N–H and O–H groups in total. The van der Waals surface area contributed by atoms with Gasteiger partial charge in [0.05, 0.1) is 30.1 Å². The van der Waals surface area contributed by atoms with E-state index in [1.54, 1.807) is 16.8 Å². The lowest BCUT2D eigenvalue weighted by atomic mass is 9.73. The molecule has 5 rings (SSSR count). The molecule has 6 atom stereocenters. The van der Waals surface area contributed by atoms with Crippen molar-refractivity contribution in [3.05, 3.63) is 60.2 Å². The summed E-state index contributed by atoms with van der Waals surface area (Å²) in [7, 11) is 1.73. The van der Waals surface area contributed by atoms with Crippen LogP contribution in [0, 0.1) is 11.8 Å². The van der Waals surface area contributed by atoms with Gasteiger partial charge in [0.2, 0.25) is 17.7 Å². The van der Waals surface area contributed by atoms with Crippen LogP contribution in [0.25, 0.3) is 0 Å². The maximum atomic E-state index is 14.3. The highest BCUT2D eigenvalue weighted by Gasteiger charge is 2.75. The predicted octanol–water partition coefficient (Wildman–Crippen LogP) is 1.75. The number of nitrogens with zero attached hydrogens (tertiary/aromatic N) is 3. The number of fused-ring (bicyclic) bond motifs is 2. The van der Waals surface area contributed by atoms with E-state index in [0.29, 0.717) is 32.5 Å². The van der Waals surface area contributed by atoms with Gasteiger partial charge in [0.25, 0.3) is 0 Å². The highest BCUT2D eigenvalue weighted by molar-refractivity contribution is 6.00. The fraction of sp³-hybridized carbons (Fsp3) is 0.536. The summed E-state index contributed by atoms with van der Waals surface area (Å²) in [4.78, 5) is 47.1. The number of carbonyl (C=O) groups is 3. The van der Waals surface area contributed by atoms with Crippen LogP contribution in [-0.4, -0.2) is 87.6 Å². The first kappa shape index (κ1) is 24.7. The molecule has 8 heteroatoms. The van der Waals surface area contributed by atoms with Crippen LogP contribution in [0.1, 0.15) is 32.3 Å². The fourth-order valence-electron chi connectivity index (χ4n) is 6.62. The summed E-state index contributed by atoms with van der Waals surface area (Å²) in [5.74, 6) is -2.27. The summed E-state index contributed by atoms with van der Waals surface area (Å²) >= 11 is 0. The lowest BCUT2D eigenvalue weighted by Crippen LogP contribution is -2.58. The Morgan fingerprint density at radius 1 is 1.00 bits per heavy atom. The topological polar surface area (TPSA) is 90.4 Å². The van der Waals surface area contributed by atoms with Crippen molar-refractivity contribution in [3.63, 3.8) is 0 Å². The second-order valence-electron chi connectivity index (χ2n) is 10.3. The second-order valence-corrected chi connectivity index (χ2v) is 10.3. The zero-order valence-corrected chi connectivity index (χ0v) is 21.2. The van der Waals surface area contributed by atoms with Gasteiger partial charge in [-0.3, -0.25) is 14.4 Å². The van der Waals surface area contributed by atoms with E-state index in [0.717, 1.165) is 5.56 Å². The van der Waals surface area contributed by atoms with Crippen molar-refractivity contribution in [2.75, 3.05) is 26.7 Å². The van der Waals surface area contributed by atoms with E-state index in [4.69, 9.17) is 4.74 Å². The molecule has 2 saturated heterocycles. The molecule has 0 aromatic heterocycles. The minimum absolute atomic E-state index is 0.152. The van der Waals surface area contributed by atoms with Crippen molar-refractivity contribution in [2.45, 2.75) is 56.5 Å². The third kappa shape index (κ3) is 3.45. The van der Waals surface area contributed by atoms with E-state index < -0.39 is 35.1 Å². The maximum absolute atomic E-state index is 14.3. The SMILES string of the molecule is CC[C@@H](CO)N1C(=O)[C@@H]2[C@H]3C(=O)N(C)CC=C[C@@]3(CC)O[C@@]23C=CCN(Cc2ccccc2)C(=O)C13. The fourth-order valence-corrected chi connectivity index (χ4v) is 6.62. The Hall–Kier alpha value is -2.97. The second kappa shape index (κ2) is 9.16. The maximum Gasteiger partial charge on any atom is 0.249 e. The standard InChI is InChI=1S/C28H35N3O5/c1-4-20(18-32)31-23-26(35)30(17-19-11-7-6-8-12-19)16-10-14-28(23)22(25(31)34)21-24(33)29(3)15-9-13-27(21,5-2)36-28/h6-14,20-23,32H,4-5,15-18H2,1-3H3/t20-,21-,22-,23?,27+,28-/m0/s1. The van der Waals surface area contributed by atoms with Gasteiger partial charge in [-0.2, -0.15) is 0 Å². The number of aliphatic hydroxyl groups is 1. The Morgan fingerprint density at radius 2 is 1.72 bits per heavy atom. The molecule has 0 saturated carbocycles. The van der Waals surface area contributed by atoms with E-state index in [9.17, 15) is 19.5 Å². The zero-order valence-electron chi connectivity index (χ0n) is 21.2. The average Bonchev–Trinajstić information content (AvgIpc) is 3.19. The Kier molecular flexibility index (Phi) is 6.29. The van der Waals surface area contributed by atoms with E-state index in [-0.39, 0.29) is 24.3 Å². The monoisotopic (exact) mass is 493 g/mol. The van der Waals surface area contributed by atoms with E-state index in [2.05, 4.69) is 0 Å². The summed E-state index contributed by atoms with van der Waals surface area (Å²) in [6.45, 7) is 4.77. The van der Waals surface area contributed by atoms with Crippen molar-refractivity contribution in [2.24, 2.45) is 11.8 Å². The number of hydrogen-bond acceptors (Lipinski definition) is 5. The van der Waals surface area contributed by atoms with Crippen LogP contribution >= 0.6 is 0 Å². The largest absolute Gasteiger partial charge is 0.394 e. The van der Waals surface area contributed by atoms with Crippen molar-refractivity contribution in [1.82, 2.24) is 14.7 Å². The number of ether oxygens (including phenoxy) is 1. The molecule has 1 aromatic rings. The van der Waals surface area contributed by atoms with Crippen LogP contribution in [0.5, 0.6) is 0 Å². The molecule has 8 nitrogen and oxygen atoms in total. The van der Waals surface area contributed by atoms with Crippen LogP contribution in [0.2, 0.25) is 0 Å². The quantitative estimate of drug-likeness (QED) is 0.610. The van der Waals surface area contributed by atoms with Gasteiger partial charge in [-0.05, 0) is 18.4 Å². The van der Waals surface area contributed by atoms with Gasteiger partial charge < -0.3 is 24.5 Å². The van der Waals surface area contributed by atoms with Gasteiger partial charge in [-0.15, -0.1) is 0 Å². The number of carbonyl (C=O) groups excluding carboxylic acids is 3. The van der Waals surface area contributed by atoms with Gasteiger partial charge in [0.1, 0.15) is 11.6 Å². The lowest BCUT2D eigenvalue weighted by molar-refractivity contribution is -0.157. The molecule has 4 aliphatic rings. The third-order valence-electron chi connectivity index (χ3n) is 8.45. The first-order valence-corrected chi connectivity index (χ1v) is 12.9. The van der Waals surface area contributed by atoms with Crippen LogP contribution in [0.15, 0.2) is 54.6 Å². The third-order valence-corrected chi connectivity index (χ3v) is 8.45. The summed E-state index contributed by atoms with van der Waals surface area (Å²) < 4.78 is 6.89. The molecule has 1 unspecified atom stereocenters. The normalized spacial score (nSPS) is 34.4. The van der Waals surface area contributed by atoms with E-state index in [1.165, 1.54) is 4.90 Å². The molecule has 4 aliphatic heterocycles. The van der Waals surface area contributed by atoms with Crippen molar-refractivity contribution >= 4 is 17.7 Å². The molecule has 2 fully saturated rings. The molecule has 0 radical (unpaired) electrons. The molecule has 1 spiro atoms. The Bertz CT molecular complexity index is 1100. The highest BCUT2D eigenvalue weighted by atomic mass is 16.5. The van der Waals surface area contributed by atoms with Gasteiger partial charge >= 0.3 is 0 Å².